The molecule has 0 aromatic rings. The third-order valence-corrected chi connectivity index (χ3v) is 1.48. The van der Waals surface area contributed by atoms with Crippen LogP contribution in [0.2, 0.25) is 0 Å². The number of thiol groups is 1. The number of carboxylic acid groups (broad SMARTS) is 1. The van der Waals surface area contributed by atoms with Gasteiger partial charge in [-0.2, -0.15) is 12.6 Å². The lowest BCUT2D eigenvalue weighted by molar-refractivity contribution is -0.136. The highest BCUT2D eigenvalue weighted by atomic mass is 32.1. The van der Waals surface area contributed by atoms with Crippen LogP contribution in [0.15, 0.2) is 0 Å². The van der Waals surface area contributed by atoms with Crippen molar-refractivity contribution in [2.24, 2.45) is 5.73 Å². The van der Waals surface area contributed by atoms with Gasteiger partial charge in [-0.15, -0.1) is 0 Å². The molecule has 0 aliphatic rings. The Labute approximate surface area is 69.4 Å². The molecule has 0 aromatic heterocycles. The lowest BCUT2D eigenvalue weighted by Crippen LogP contribution is -2.32. The highest BCUT2D eigenvalue weighted by Crippen LogP contribution is 1.98. The minimum atomic E-state index is -1.00. The normalized spacial score (nSPS) is 12.1. The predicted molar refractivity (Wildman–Crippen MR) is 42.6 cm³/mol. The van der Waals surface area contributed by atoms with Crippen LogP contribution in [0.3, 0.4) is 0 Å². The van der Waals surface area contributed by atoms with Gasteiger partial charge in [0.1, 0.15) is 5.25 Å². The third-order valence-electron chi connectivity index (χ3n) is 1.00. The second-order valence-electron chi connectivity index (χ2n) is 1.93. The number of urea groups is 1. The molecule has 0 fully saturated rings. The van der Waals surface area contributed by atoms with Gasteiger partial charge < -0.3 is 16.2 Å². The van der Waals surface area contributed by atoms with Crippen LogP contribution in [0.4, 0.5) is 4.79 Å². The van der Waals surface area contributed by atoms with Gasteiger partial charge in [0.2, 0.25) is 0 Å². The summed E-state index contributed by atoms with van der Waals surface area (Å²) >= 11 is 3.74. The van der Waals surface area contributed by atoms with E-state index in [0.29, 0.717) is 0 Å². The molecule has 0 aliphatic carbocycles. The van der Waals surface area contributed by atoms with Crippen LogP contribution in [0.5, 0.6) is 0 Å². The maximum absolute atomic E-state index is 10.2. The zero-order valence-corrected chi connectivity index (χ0v) is 6.67. The SMILES string of the molecule is NC(=O)NCCC(S)C(=O)O. The number of rotatable bonds is 4. The molecule has 0 saturated carbocycles. The zero-order chi connectivity index (χ0) is 8.85. The number of hydrogen-bond acceptors (Lipinski definition) is 3. The molecule has 5 nitrogen and oxygen atoms in total. The molecular formula is C5H10N2O3S. The van der Waals surface area contributed by atoms with Crippen molar-refractivity contribution in [3.63, 3.8) is 0 Å². The van der Waals surface area contributed by atoms with E-state index in [1.54, 1.807) is 0 Å². The molecule has 0 spiro atoms. The van der Waals surface area contributed by atoms with Crippen LogP contribution in [0, 0.1) is 0 Å². The largest absolute Gasteiger partial charge is 0.480 e. The summed E-state index contributed by atoms with van der Waals surface area (Å²) in [7, 11) is 0. The zero-order valence-electron chi connectivity index (χ0n) is 5.78. The van der Waals surface area contributed by atoms with E-state index in [0.717, 1.165) is 0 Å². The molecule has 0 bridgehead atoms. The number of nitrogens with two attached hydrogens (primary N) is 1. The Balaban J connectivity index is 3.39. The van der Waals surface area contributed by atoms with Crippen LogP contribution in [0.1, 0.15) is 6.42 Å². The van der Waals surface area contributed by atoms with Gasteiger partial charge in [0, 0.05) is 6.54 Å². The highest BCUT2D eigenvalue weighted by molar-refractivity contribution is 7.81. The van der Waals surface area contributed by atoms with Crippen molar-refractivity contribution in [1.82, 2.24) is 5.32 Å². The topological polar surface area (TPSA) is 92.4 Å². The van der Waals surface area contributed by atoms with Crippen LogP contribution in [0.25, 0.3) is 0 Å². The van der Waals surface area contributed by atoms with Crippen LogP contribution >= 0.6 is 12.6 Å². The molecule has 1 unspecified atom stereocenters. The van der Waals surface area contributed by atoms with Crippen LogP contribution in [-0.2, 0) is 4.79 Å². The Kier molecular flexibility index (Phi) is 4.44. The maximum Gasteiger partial charge on any atom is 0.316 e. The molecule has 11 heavy (non-hydrogen) atoms. The van der Waals surface area contributed by atoms with E-state index in [9.17, 15) is 9.59 Å². The molecule has 0 heterocycles. The monoisotopic (exact) mass is 178 g/mol. The molecule has 1 atom stereocenters. The number of carboxylic acids is 1. The molecule has 0 rings (SSSR count). The van der Waals surface area contributed by atoms with Gasteiger partial charge in [0.05, 0.1) is 0 Å². The fourth-order valence-corrected chi connectivity index (χ4v) is 0.585. The van der Waals surface area contributed by atoms with Crippen LogP contribution in [-0.4, -0.2) is 28.9 Å². The standard InChI is InChI=1S/C5H10N2O3S/c6-5(10)7-2-1-3(11)4(8)9/h3,11H,1-2H2,(H,8,9)(H3,6,7,10). The van der Waals surface area contributed by atoms with E-state index < -0.39 is 17.3 Å². The van der Waals surface area contributed by atoms with Gasteiger partial charge in [-0.05, 0) is 6.42 Å². The maximum atomic E-state index is 10.2. The average Bonchev–Trinajstić information content (AvgIpc) is 1.86. The van der Waals surface area contributed by atoms with Crippen molar-refractivity contribution in [3.05, 3.63) is 0 Å². The number of carbonyl (C=O) groups excluding carboxylic acids is 1. The van der Waals surface area contributed by atoms with E-state index in [1.807, 2.05) is 0 Å². The first-order valence-corrected chi connectivity index (χ1v) is 3.50. The number of amides is 2. The minimum Gasteiger partial charge on any atom is -0.480 e. The van der Waals surface area contributed by atoms with E-state index in [2.05, 4.69) is 17.9 Å². The van der Waals surface area contributed by atoms with Gasteiger partial charge in [-0.25, -0.2) is 4.79 Å². The molecule has 6 heteroatoms. The first-order valence-electron chi connectivity index (χ1n) is 2.98. The van der Waals surface area contributed by atoms with Crippen molar-refractivity contribution in [3.8, 4) is 0 Å². The number of carbonyl (C=O) groups is 2. The Hall–Kier alpha value is -0.910. The summed E-state index contributed by atoms with van der Waals surface area (Å²) in [6, 6.07) is -0.657. The lowest BCUT2D eigenvalue weighted by Gasteiger charge is -2.04. The molecule has 0 saturated heterocycles. The highest BCUT2D eigenvalue weighted by Gasteiger charge is 2.10. The summed E-state index contributed by atoms with van der Waals surface area (Å²) in [6.45, 7) is 0.232. The Morgan fingerprint density at radius 2 is 2.18 bits per heavy atom. The van der Waals surface area contributed by atoms with Gasteiger partial charge >= 0.3 is 12.0 Å². The average molecular weight is 178 g/mol. The Bertz CT molecular complexity index is 162. The van der Waals surface area contributed by atoms with E-state index in [1.165, 1.54) is 0 Å². The third kappa shape index (κ3) is 5.53. The second-order valence-corrected chi connectivity index (χ2v) is 2.56. The van der Waals surface area contributed by atoms with E-state index in [-0.39, 0.29) is 13.0 Å². The van der Waals surface area contributed by atoms with E-state index >= 15 is 0 Å². The fourth-order valence-electron chi connectivity index (χ4n) is 0.456. The summed E-state index contributed by atoms with van der Waals surface area (Å²) in [4.78, 5) is 20.2. The van der Waals surface area contributed by atoms with Crippen molar-refractivity contribution in [2.75, 3.05) is 6.54 Å². The first-order chi connectivity index (χ1) is 5.04. The van der Waals surface area contributed by atoms with Gasteiger partial charge in [-0.1, -0.05) is 0 Å². The summed E-state index contributed by atoms with van der Waals surface area (Å²) in [5.74, 6) is -1.00. The molecule has 2 amide bonds. The van der Waals surface area contributed by atoms with Gasteiger partial charge in [0.25, 0.3) is 0 Å². The van der Waals surface area contributed by atoms with Crippen molar-refractivity contribution in [2.45, 2.75) is 11.7 Å². The molecule has 0 aromatic carbocycles. The first kappa shape index (κ1) is 10.1. The summed E-state index contributed by atoms with van der Waals surface area (Å²) < 4.78 is 0. The number of aliphatic carboxylic acids is 1. The van der Waals surface area contributed by atoms with Gasteiger partial charge in [0.15, 0.2) is 0 Å². The predicted octanol–water partition coefficient (Wildman–Crippen LogP) is -0.572. The minimum absolute atomic E-state index is 0.232. The summed E-state index contributed by atoms with van der Waals surface area (Å²) in [5, 5.41) is 9.84. The van der Waals surface area contributed by atoms with Crippen molar-refractivity contribution < 1.29 is 14.7 Å². The summed E-state index contributed by atoms with van der Waals surface area (Å²) in [6.07, 6.45) is 0.265. The second kappa shape index (κ2) is 4.84. The quantitative estimate of drug-likeness (QED) is 0.434. The van der Waals surface area contributed by atoms with Gasteiger partial charge in [-0.3, -0.25) is 4.79 Å². The Morgan fingerprint density at radius 3 is 2.55 bits per heavy atom. The number of nitrogens with one attached hydrogen (secondary N) is 1. The van der Waals surface area contributed by atoms with Crippen molar-refractivity contribution >= 4 is 24.6 Å². The molecule has 64 valence electrons. The molecular weight excluding hydrogens is 168 g/mol. The number of primary amides is 1. The van der Waals surface area contributed by atoms with E-state index in [4.69, 9.17) is 10.8 Å². The fraction of sp³-hybridized carbons (Fsp3) is 0.600. The molecule has 4 N–H and O–H groups in total. The van der Waals surface area contributed by atoms with Crippen LogP contribution < -0.4 is 11.1 Å². The lowest BCUT2D eigenvalue weighted by atomic mass is 10.3. The Morgan fingerprint density at radius 1 is 1.64 bits per heavy atom. The molecule has 0 radical (unpaired) electrons. The summed E-state index contributed by atoms with van der Waals surface area (Å²) in [5.41, 5.74) is 4.73. The number of hydrogen-bond donors (Lipinski definition) is 4. The smallest absolute Gasteiger partial charge is 0.316 e. The molecule has 0 aliphatic heterocycles. The van der Waals surface area contributed by atoms with Crippen molar-refractivity contribution in [1.29, 1.82) is 0 Å².